The molecule has 1 aliphatic carbocycles. The van der Waals surface area contributed by atoms with Gasteiger partial charge in [-0.15, -0.1) is 0 Å². The maximum Gasteiger partial charge on any atom is 0.233 e. The molecular formula is C16H20FNO2. The molecule has 1 aliphatic heterocycles. The van der Waals surface area contributed by atoms with Gasteiger partial charge in [0.1, 0.15) is 5.82 Å². The highest BCUT2D eigenvalue weighted by Gasteiger charge is 2.53. The number of hydrogen-bond acceptors (Lipinski definition) is 2. The van der Waals surface area contributed by atoms with Crippen LogP contribution < -0.4 is 0 Å². The average molecular weight is 277 g/mol. The van der Waals surface area contributed by atoms with E-state index < -0.39 is 5.41 Å². The van der Waals surface area contributed by atoms with E-state index in [1.807, 2.05) is 11.0 Å². The van der Waals surface area contributed by atoms with Crippen LogP contribution in [0.3, 0.4) is 0 Å². The molecule has 20 heavy (non-hydrogen) atoms. The molecule has 4 heteroatoms. The Bertz CT molecular complexity index is 525. The Labute approximate surface area is 118 Å². The normalized spacial score (nSPS) is 25.6. The number of amides is 1. The summed E-state index contributed by atoms with van der Waals surface area (Å²) in [7, 11) is 0. The molecule has 2 unspecified atom stereocenters. The van der Waals surface area contributed by atoms with Gasteiger partial charge in [-0.1, -0.05) is 12.1 Å². The number of aliphatic hydroxyl groups is 1. The Hall–Kier alpha value is -1.42. The van der Waals surface area contributed by atoms with Crippen LogP contribution in [-0.2, 0) is 10.2 Å². The summed E-state index contributed by atoms with van der Waals surface area (Å²) in [6, 6.07) is 6.40. The lowest BCUT2D eigenvalue weighted by Crippen LogP contribution is -2.38. The summed E-state index contributed by atoms with van der Waals surface area (Å²) in [5.74, 6) is -0.0154. The van der Waals surface area contributed by atoms with E-state index in [1.165, 1.54) is 12.1 Å². The predicted molar refractivity (Wildman–Crippen MR) is 73.7 cm³/mol. The zero-order valence-corrected chi connectivity index (χ0v) is 11.7. The molecule has 2 fully saturated rings. The van der Waals surface area contributed by atoms with Crippen LogP contribution in [-0.4, -0.2) is 35.1 Å². The minimum atomic E-state index is -0.504. The minimum Gasteiger partial charge on any atom is -0.393 e. The molecule has 0 aromatic heterocycles. The topological polar surface area (TPSA) is 40.5 Å². The predicted octanol–water partition coefficient (Wildman–Crippen LogP) is 2.09. The molecule has 1 aromatic carbocycles. The Balaban J connectivity index is 1.78. The molecule has 108 valence electrons. The standard InChI is InChI=1S/C16H20FNO2/c1-11(19)12-5-8-18(10-12)15(20)16(6-7-16)13-3-2-4-14(17)9-13/h2-4,9,11-12,19H,5-8,10H2,1H3. The lowest BCUT2D eigenvalue weighted by atomic mass is 9.94. The Morgan fingerprint density at radius 1 is 1.50 bits per heavy atom. The molecular weight excluding hydrogens is 257 g/mol. The number of aliphatic hydroxyl groups excluding tert-OH is 1. The van der Waals surface area contributed by atoms with Crippen molar-refractivity contribution in [3.8, 4) is 0 Å². The second-order valence-corrected chi connectivity index (χ2v) is 6.13. The van der Waals surface area contributed by atoms with E-state index >= 15 is 0 Å². The number of halogens is 1. The van der Waals surface area contributed by atoms with Gasteiger partial charge in [-0.05, 0) is 43.9 Å². The van der Waals surface area contributed by atoms with Crippen LogP contribution in [0.5, 0.6) is 0 Å². The molecule has 3 nitrogen and oxygen atoms in total. The molecule has 0 spiro atoms. The van der Waals surface area contributed by atoms with Crippen molar-refractivity contribution in [2.75, 3.05) is 13.1 Å². The lowest BCUT2D eigenvalue weighted by Gasteiger charge is -2.24. The number of rotatable bonds is 3. The number of likely N-dealkylation sites (tertiary alicyclic amines) is 1. The summed E-state index contributed by atoms with van der Waals surface area (Å²) in [6.45, 7) is 3.09. The summed E-state index contributed by atoms with van der Waals surface area (Å²) in [5.41, 5.74) is 0.290. The van der Waals surface area contributed by atoms with E-state index in [2.05, 4.69) is 0 Å². The molecule has 1 N–H and O–H groups in total. The largest absolute Gasteiger partial charge is 0.393 e. The van der Waals surface area contributed by atoms with Crippen molar-refractivity contribution in [2.45, 2.75) is 37.7 Å². The second kappa shape index (κ2) is 4.85. The van der Waals surface area contributed by atoms with Crippen molar-refractivity contribution in [3.05, 3.63) is 35.6 Å². The first-order valence-corrected chi connectivity index (χ1v) is 7.26. The Morgan fingerprint density at radius 3 is 2.80 bits per heavy atom. The van der Waals surface area contributed by atoms with Gasteiger partial charge in [-0.25, -0.2) is 4.39 Å². The third-order valence-corrected chi connectivity index (χ3v) is 4.73. The summed E-state index contributed by atoms with van der Waals surface area (Å²) in [5, 5.41) is 9.64. The summed E-state index contributed by atoms with van der Waals surface area (Å²) < 4.78 is 13.4. The zero-order chi connectivity index (χ0) is 14.3. The minimum absolute atomic E-state index is 0.103. The van der Waals surface area contributed by atoms with Crippen LogP contribution in [0.1, 0.15) is 31.7 Å². The van der Waals surface area contributed by atoms with Crippen LogP contribution in [0, 0.1) is 11.7 Å². The van der Waals surface area contributed by atoms with Gasteiger partial charge >= 0.3 is 0 Å². The highest BCUT2D eigenvalue weighted by molar-refractivity contribution is 5.91. The highest BCUT2D eigenvalue weighted by Crippen LogP contribution is 2.50. The first-order valence-electron chi connectivity index (χ1n) is 7.26. The maximum absolute atomic E-state index is 13.4. The van der Waals surface area contributed by atoms with Crippen molar-refractivity contribution in [2.24, 2.45) is 5.92 Å². The van der Waals surface area contributed by atoms with Crippen molar-refractivity contribution < 1.29 is 14.3 Å². The summed E-state index contributed by atoms with van der Waals surface area (Å²) >= 11 is 0. The van der Waals surface area contributed by atoms with Crippen molar-refractivity contribution in [3.63, 3.8) is 0 Å². The van der Waals surface area contributed by atoms with Crippen molar-refractivity contribution >= 4 is 5.91 Å². The van der Waals surface area contributed by atoms with E-state index in [-0.39, 0.29) is 23.7 Å². The van der Waals surface area contributed by atoms with Crippen LogP contribution in [0.25, 0.3) is 0 Å². The average Bonchev–Trinajstić information content (AvgIpc) is 3.08. The molecule has 2 aliphatic rings. The fourth-order valence-electron chi connectivity index (χ4n) is 3.21. The fraction of sp³-hybridized carbons (Fsp3) is 0.562. The van der Waals surface area contributed by atoms with E-state index in [4.69, 9.17) is 0 Å². The molecule has 1 heterocycles. The van der Waals surface area contributed by atoms with Gasteiger partial charge in [0.2, 0.25) is 5.91 Å². The van der Waals surface area contributed by atoms with Gasteiger partial charge in [0.15, 0.2) is 0 Å². The van der Waals surface area contributed by atoms with Crippen LogP contribution in [0.4, 0.5) is 4.39 Å². The SMILES string of the molecule is CC(O)C1CCN(C(=O)C2(c3cccc(F)c3)CC2)C1. The first-order chi connectivity index (χ1) is 9.53. The second-order valence-electron chi connectivity index (χ2n) is 6.13. The molecule has 0 radical (unpaired) electrons. The molecule has 1 aromatic rings. The van der Waals surface area contributed by atoms with Gasteiger partial charge in [0, 0.05) is 19.0 Å². The third-order valence-electron chi connectivity index (χ3n) is 4.73. The van der Waals surface area contributed by atoms with Crippen LogP contribution in [0.2, 0.25) is 0 Å². The van der Waals surface area contributed by atoms with E-state index in [0.717, 1.165) is 24.8 Å². The Morgan fingerprint density at radius 2 is 2.25 bits per heavy atom. The third kappa shape index (κ3) is 2.22. The number of carbonyl (C=O) groups excluding carboxylic acids is 1. The van der Waals surface area contributed by atoms with E-state index in [1.54, 1.807) is 13.0 Å². The fourth-order valence-corrected chi connectivity index (χ4v) is 3.21. The number of nitrogens with zero attached hydrogens (tertiary/aromatic N) is 1. The van der Waals surface area contributed by atoms with Gasteiger partial charge in [-0.2, -0.15) is 0 Å². The molecule has 1 saturated carbocycles. The first kappa shape index (κ1) is 13.6. The van der Waals surface area contributed by atoms with Crippen LogP contribution in [0.15, 0.2) is 24.3 Å². The summed E-state index contributed by atoms with van der Waals surface area (Å²) in [6.07, 6.45) is 2.07. The highest BCUT2D eigenvalue weighted by atomic mass is 19.1. The summed E-state index contributed by atoms with van der Waals surface area (Å²) in [4.78, 5) is 14.6. The monoisotopic (exact) mass is 277 g/mol. The molecule has 2 atom stereocenters. The molecule has 1 amide bonds. The lowest BCUT2D eigenvalue weighted by molar-refractivity contribution is -0.133. The van der Waals surface area contributed by atoms with E-state index in [9.17, 15) is 14.3 Å². The van der Waals surface area contributed by atoms with Gasteiger partial charge < -0.3 is 10.0 Å². The number of benzene rings is 1. The van der Waals surface area contributed by atoms with Gasteiger partial charge in [0.05, 0.1) is 11.5 Å². The molecule has 1 saturated heterocycles. The van der Waals surface area contributed by atoms with Gasteiger partial charge in [-0.3, -0.25) is 4.79 Å². The number of hydrogen-bond donors (Lipinski definition) is 1. The maximum atomic E-state index is 13.4. The van der Waals surface area contributed by atoms with E-state index in [0.29, 0.717) is 13.1 Å². The molecule has 3 rings (SSSR count). The van der Waals surface area contributed by atoms with Crippen molar-refractivity contribution in [1.82, 2.24) is 4.90 Å². The number of carbonyl (C=O) groups is 1. The van der Waals surface area contributed by atoms with Crippen LogP contribution >= 0.6 is 0 Å². The molecule has 0 bridgehead atoms. The smallest absolute Gasteiger partial charge is 0.233 e. The zero-order valence-electron chi connectivity index (χ0n) is 11.7. The quantitative estimate of drug-likeness (QED) is 0.919. The van der Waals surface area contributed by atoms with Gasteiger partial charge in [0.25, 0.3) is 0 Å². The van der Waals surface area contributed by atoms with Crippen molar-refractivity contribution in [1.29, 1.82) is 0 Å². The Kier molecular flexibility index (Phi) is 3.28.